The molecule has 1 aromatic heterocycles. The molecule has 0 saturated carbocycles. The molecule has 0 radical (unpaired) electrons. The summed E-state index contributed by atoms with van der Waals surface area (Å²) in [5.41, 5.74) is 5.55. The molecule has 0 bridgehead atoms. The lowest BCUT2D eigenvalue weighted by atomic mass is 10.1. The Kier molecular flexibility index (Phi) is 5.02. The summed E-state index contributed by atoms with van der Waals surface area (Å²) >= 11 is 4.67. The smallest absolute Gasteiger partial charge is 0.242 e. The molecule has 1 saturated heterocycles. The van der Waals surface area contributed by atoms with Crippen LogP contribution in [-0.2, 0) is 16.6 Å². The summed E-state index contributed by atoms with van der Waals surface area (Å²) in [5.74, 6) is 0. The second kappa shape index (κ2) is 6.19. The van der Waals surface area contributed by atoms with Gasteiger partial charge < -0.3 is 10.6 Å². The molecule has 1 aliphatic heterocycles. The zero-order chi connectivity index (χ0) is 14.0. The van der Waals surface area contributed by atoms with E-state index in [1.54, 1.807) is 6.07 Å². The van der Waals surface area contributed by atoms with E-state index in [0.717, 1.165) is 30.8 Å². The number of rotatable bonds is 4. The number of nitrogens with two attached hydrogens (primary N) is 1. The number of likely N-dealkylation sites (N-methyl/N-ethyl adjacent to an activating group) is 1. The topological polar surface area (TPSA) is 75.4 Å². The maximum Gasteiger partial charge on any atom is 0.242 e. The summed E-state index contributed by atoms with van der Waals surface area (Å²) in [6.45, 7) is 2.13. The lowest BCUT2D eigenvalue weighted by molar-refractivity contribution is 0.242. The summed E-state index contributed by atoms with van der Waals surface area (Å²) < 4.78 is 28.1. The van der Waals surface area contributed by atoms with Crippen LogP contribution in [0, 0.1) is 0 Å². The molecule has 0 spiro atoms. The van der Waals surface area contributed by atoms with Crippen molar-refractivity contribution in [2.45, 2.75) is 30.3 Å². The first-order valence-electron chi connectivity index (χ1n) is 6.11. The van der Waals surface area contributed by atoms with Crippen LogP contribution in [0.1, 0.15) is 17.7 Å². The largest absolute Gasteiger partial charge is 0.326 e. The van der Waals surface area contributed by atoms with Crippen molar-refractivity contribution < 1.29 is 8.42 Å². The SMILES string of the molecule is CN1CCCC(NS(=O)(=O)c2cc(CN)sc2Br)C1. The van der Waals surface area contributed by atoms with Gasteiger partial charge in [-0.3, -0.25) is 0 Å². The van der Waals surface area contributed by atoms with E-state index in [-0.39, 0.29) is 6.04 Å². The van der Waals surface area contributed by atoms with Crippen LogP contribution in [0.4, 0.5) is 0 Å². The van der Waals surface area contributed by atoms with Gasteiger partial charge in [0.2, 0.25) is 10.0 Å². The van der Waals surface area contributed by atoms with E-state index in [0.29, 0.717) is 15.2 Å². The predicted octanol–water partition coefficient (Wildman–Crippen LogP) is 1.34. The van der Waals surface area contributed by atoms with Crippen molar-refractivity contribution >= 4 is 37.3 Å². The van der Waals surface area contributed by atoms with Crippen LogP contribution in [0.2, 0.25) is 0 Å². The number of sulfonamides is 1. The van der Waals surface area contributed by atoms with Gasteiger partial charge >= 0.3 is 0 Å². The molecule has 0 aromatic carbocycles. The van der Waals surface area contributed by atoms with Crippen LogP contribution < -0.4 is 10.5 Å². The highest BCUT2D eigenvalue weighted by atomic mass is 79.9. The Hall–Kier alpha value is 0.01000. The van der Waals surface area contributed by atoms with Gasteiger partial charge in [-0.25, -0.2) is 13.1 Å². The average Bonchev–Trinajstić information content (AvgIpc) is 2.71. The number of nitrogens with zero attached hydrogens (tertiary/aromatic N) is 1. The minimum absolute atomic E-state index is 0.0168. The maximum atomic E-state index is 12.4. The minimum Gasteiger partial charge on any atom is -0.326 e. The van der Waals surface area contributed by atoms with Crippen LogP contribution >= 0.6 is 27.3 Å². The number of thiophene rings is 1. The predicted molar refractivity (Wildman–Crippen MR) is 80.8 cm³/mol. The van der Waals surface area contributed by atoms with Gasteiger partial charge in [0, 0.05) is 24.0 Å². The molecule has 0 aliphatic carbocycles. The molecule has 108 valence electrons. The molecule has 2 heterocycles. The third kappa shape index (κ3) is 3.77. The average molecular weight is 368 g/mol. The molecule has 1 aromatic rings. The van der Waals surface area contributed by atoms with Crippen molar-refractivity contribution in [3.05, 3.63) is 14.7 Å². The lowest BCUT2D eigenvalue weighted by Crippen LogP contribution is -2.46. The molecule has 1 atom stereocenters. The van der Waals surface area contributed by atoms with Gasteiger partial charge in [0.15, 0.2) is 0 Å². The highest BCUT2D eigenvalue weighted by molar-refractivity contribution is 9.11. The first-order chi connectivity index (χ1) is 8.92. The molecule has 1 aliphatic rings. The fraction of sp³-hybridized carbons (Fsp3) is 0.636. The quantitative estimate of drug-likeness (QED) is 0.841. The third-order valence-electron chi connectivity index (χ3n) is 3.14. The molecule has 1 fully saturated rings. The van der Waals surface area contributed by atoms with E-state index in [2.05, 4.69) is 25.6 Å². The minimum atomic E-state index is -3.47. The van der Waals surface area contributed by atoms with Crippen LogP contribution in [0.3, 0.4) is 0 Å². The van der Waals surface area contributed by atoms with Crippen molar-refractivity contribution in [3.63, 3.8) is 0 Å². The molecular weight excluding hydrogens is 350 g/mol. The van der Waals surface area contributed by atoms with E-state index < -0.39 is 10.0 Å². The van der Waals surface area contributed by atoms with Crippen molar-refractivity contribution in [2.75, 3.05) is 20.1 Å². The zero-order valence-electron chi connectivity index (χ0n) is 10.7. The van der Waals surface area contributed by atoms with Crippen LogP contribution in [0.15, 0.2) is 14.7 Å². The number of piperidine rings is 1. The second-order valence-electron chi connectivity index (χ2n) is 4.78. The fourth-order valence-corrected chi connectivity index (χ4v) is 6.05. The van der Waals surface area contributed by atoms with Gasteiger partial charge in [-0.2, -0.15) is 0 Å². The van der Waals surface area contributed by atoms with E-state index >= 15 is 0 Å². The molecule has 2 rings (SSSR count). The van der Waals surface area contributed by atoms with Gasteiger partial charge in [0.05, 0.1) is 3.79 Å². The van der Waals surface area contributed by atoms with E-state index in [9.17, 15) is 8.42 Å². The standard InChI is InChI=1S/C11H18BrN3O2S2/c1-15-4-2-3-8(7-15)14-19(16,17)10-5-9(6-13)18-11(10)12/h5,8,14H,2-4,6-7,13H2,1H3. The molecule has 8 heteroatoms. The summed E-state index contributed by atoms with van der Waals surface area (Å²) in [6.07, 6.45) is 1.90. The number of likely N-dealkylation sites (tertiary alicyclic amines) is 1. The normalized spacial score (nSPS) is 21.7. The highest BCUT2D eigenvalue weighted by Crippen LogP contribution is 2.31. The number of nitrogens with one attached hydrogen (secondary N) is 1. The van der Waals surface area contributed by atoms with Gasteiger partial charge in [-0.15, -0.1) is 11.3 Å². The van der Waals surface area contributed by atoms with E-state index in [1.807, 2.05) is 7.05 Å². The Morgan fingerprint density at radius 1 is 1.63 bits per heavy atom. The maximum absolute atomic E-state index is 12.4. The molecule has 3 N–H and O–H groups in total. The molecule has 19 heavy (non-hydrogen) atoms. The van der Waals surface area contributed by atoms with Crippen molar-refractivity contribution in [3.8, 4) is 0 Å². The van der Waals surface area contributed by atoms with E-state index in [1.165, 1.54) is 11.3 Å². The Labute approximate surface area is 126 Å². The Balaban J connectivity index is 2.15. The molecule has 5 nitrogen and oxygen atoms in total. The second-order valence-corrected chi connectivity index (χ2v) is 8.91. The van der Waals surface area contributed by atoms with Crippen molar-refractivity contribution in [1.82, 2.24) is 9.62 Å². The van der Waals surface area contributed by atoms with Gasteiger partial charge in [0.1, 0.15) is 4.90 Å². The summed E-state index contributed by atoms with van der Waals surface area (Å²) in [4.78, 5) is 3.30. The molecule has 1 unspecified atom stereocenters. The fourth-order valence-electron chi connectivity index (χ4n) is 2.23. The zero-order valence-corrected chi connectivity index (χ0v) is 13.9. The Morgan fingerprint density at radius 2 is 2.37 bits per heavy atom. The number of hydrogen-bond acceptors (Lipinski definition) is 5. The molecular formula is C11H18BrN3O2S2. The van der Waals surface area contributed by atoms with Crippen LogP contribution in [-0.4, -0.2) is 39.5 Å². The Bertz CT molecular complexity index is 544. The lowest BCUT2D eigenvalue weighted by Gasteiger charge is -2.29. The summed E-state index contributed by atoms with van der Waals surface area (Å²) in [7, 11) is -1.46. The molecule has 0 amide bonds. The first kappa shape index (κ1) is 15.4. The van der Waals surface area contributed by atoms with E-state index in [4.69, 9.17) is 5.73 Å². The van der Waals surface area contributed by atoms with Crippen LogP contribution in [0.5, 0.6) is 0 Å². The van der Waals surface area contributed by atoms with Gasteiger partial charge in [-0.05, 0) is 48.4 Å². The highest BCUT2D eigenvalue weighted by Gasteiger charge is 2.26. The van der Waals surface area contributed by atoms with Crippen molar-refractivity contribution in [1.29, 1.82) is 0 Å². The monoisotopic (exact) mass is 367 g/mol. The van der Waals surface area contributed by atoms with Crippen molar-refractivity contribution in [2.24, 2.45) is 5.73 Å². The Morgan fingerprint density at radius 3 is 2.95 bits per heavy atom. The van der Waals surface area contributed by atoms with Gasteiger partial charge in [-0.1, -0.05) is 0 Å². The number of halogens is 1. The summed E-state index contributed by atoms with van der Waals surface area (Å²) in [5, 5.41) is 0. The first-order valence-corrected chi connectivity index (χ1v) is 9.21. The van der Waals surface area contributed by atoms with Gasteiger partial charge in [0.25, 0.3) is 0 Å². The third-order valence-corrected chi connectivity index (χ3v) is 6.94. The number of hydrogen-bond donors (Lipinski definition) is 2. The summed E-state index contributed by atoms with van der Waals surface area (Å²) in [6, 6.07) is 1.63. The van der Waals surface area contributed by atoms with Crippen LogP contribution in [0.25, 0.3) is 0 Å².